The summed E-state index contributed by atoms with van der Waals surface area (Å²) in [6, 6.07) is 19.7. The molecule has 6 heteroatoms. The quantitative estimate of drug-likeness (QED) is 0.342. The molecule has 4 aromatic rings. The van der Waals surface area contributed by atoms with Crippen LogP contribution < -0.4 is 10.1 Å². The van der Waals surface area contributed by atoms with Crippen molar-refractivity contribution in [3.05, 3.63) is 95.1 Å². The zero-order chi connectivity index (χ0) is 23.2. The van der Waals surface area contributed by atoms with E-state index in [1.807, 2.05) is 24.3 Å². The summed E-state index contributed by atoms with van der Waals surface area (Å²) in [5, 5.41) is 2.90. The maximum atomic E-state index is 13.1. The third-order valence-corrected chi connectivity index (χ3v) is 5.62. The molecule has 0 radical (unpaired) electrons. The molecule has 1 aromatic heterocycles. The van der Waals surface area contributed by atoms with Gasteiger partial charge in [0, 0.05) is 12.1 Å². The summed E-state index contributed by atoms with van der Waals surface area (Å²) < 4.78 is 21.3. The minimum atomic E-state index is -0.366. The number of imidazole rings is 1. The van der Waals surface area contributed by atoms with E-state index in [1.165, 1.54) is 29.8 Å². The van der Waals surface area contributed by atoms with E-state index in [9.17, 15) is 9.18 Å². The molecule has 4 rings (SSSR count). The van der Waals surface area contributed by atoms with Crippen molar-refractivity contribution in [2.45, 2.75) is 39.8 Å². The Kier molecular flexibility index (Phi) is 7.03. The Bertz CT molecular complexity index is 1250. The first kappa shape index (κ1) is 22.5. The Morgan fingerprint density at radius 2 is 1.82 bits per heavy atom. The Labute approximate surface area is 193 Å². The molecule has 0 spiro atoms. The highest BCUT2D eigenvalue weighted by molar-refractivity contribution is 5.94. The van der Waals surface area contributed by atoms with Gasteiger partial charge in [0.25, 0.3) is 5.91 Å². The molecule has 1 amide bonds. The second kappa shape index (κ2) is 10.3. The second-order valence-corrected chi connectivity index (χ2v) is 8.18. The molecule has 3 aromatic carbocycles. The second-order valence-electron chi connectivity index (χ2n) is 8.18. The average molecular weight is 446 g/mol. The molecule has 5 nitrogen and oxygen atoms in total. The fraction of sp³-hybridized carbons (Fsp3) is 0.259. The van der Waals surface area contributed by atoms with Crippen LogP contribution in [0, 0.1) is 19.7 Å². The van der Waals surface area contributed by atoms with Crippen molar-refractivity contribution in [1.82, 2.24) is 14.9 Å². The number of amides is 1. The number of unbranched alkanes of at least 4 members (excludes halogenated alkanes) is 1. The molecule has 0 bridgehead atoms. The Hall–Kier alpha value is -3.67. The third-order valence-electron chi connectivity index (χ3n) is 5.62. The summed E-state index contributed by atoms with van der Waals surface area (Å²) >= 11 is 0. The van der Waals surface area contributed by atoms with Gasteiger partial charge in [-0.1, -0.05) is 24.3 Å². The molecule has 33 heavy (non-hydrogen) atoms. The minimum Gasteiger partial charge on any atom is -0.493 e. The third kappa shape index (κ3) is 5.58. The number of ether oxygens (including phenoxy) is 1. The maximum Gasteiger partial charge on any atom is 0.251 e. The Morgan fingerprint density at radius 3 is 2.64 bits per heavy atom. The maximum absolute atomic E-state index is 13.1. The minimum absolute atomic E-state index is 0.254. The lowest BCUT2D eigenvalue weighted by molar-refractivity contribution is 0.0949. The van der Waals surface area contributed by atoms with Crippen molar-refractivity contribution >= 4 is 16.9 Å². The molecule has 0 saturated carbocycles. The van der Waals surface area contributed by atoms with Crippen molar-refractivity contribution < 1.29 is 13.9 Å². The molecule has 0 aliphatic carbocycles. The largest absolute Gasteiger partial charge is 0.493 e. The van der Waals surface area contributed by atoms with Crippen molar-refractivity contribution in [3.63, 3.8) is 0 Å². The van der Waals surface area contributed by atoms with Crippen LogP contribution in [0.4, 0.5) is 4.39 Å². The standard InChI is InChI=1S/C27H28FN3O2/c1-19-9-10-20(2)25(17-19)33-16-6-5-15-31-24-8-4-3-7-23(24)30-26(31)18-29-27(32)21-11-13-22(28)14-12-21/h3-4,7-14,17H,5-6,15-16,18H2,1-2H3,(H,29,32). The van der Waals surface area contributed by atoms with Crippen LogP contribution in [-0.2, 0) is 13.1 Å². The molecule has 170 valence electrons. The molecule has 0 atom stereocenters. The number of benzene rings is 3. The molecule has 0 saturated heterocycles. The van der Waals surface area contributed by atoms with Crippen LogP contribution in [0.5, 0.6) is 5.75 Å². The number of nitrogens with zero attached hydrogens (tertiary/aromatic N) is 2. The lowest BCUT2D eigenvalue weighted by Crippen LogP contribution is -2.24. The first-order chi connectivity index (χ1) is 16.0. The van der Waals surface area contributed by atoms with Gasteiger partial charge in [-0.2, -0.15) is 0 Å². The zero-order valence-electron chi connectivity index (χ0n) is 19.0. The lowest BCUT2D eigenvalue weighted by Gasteiger charge is -2.12. The molecular weight excluding hydrogens is 417 g/mol. The number of fused-ring (bicyclic) bond motifs is 1. The van der Waals surface area contributed by atoms with Gasteiger partial charge in [-0.3, -0.25) is 4.79 Å². The molecule has 1 heterocycles. The highest BCUT2D eigenvalue weighted by Crippen LogP contribution is 2.20. The molecular formula is C27H28FN3O2. The number of hydrogen-bond donors (Lipinski definition) is 1. The first-order valence-electron chi connectivity index (χ1n) is 11.2. The van der Waals surface area contributed by atoms with Gasteiger partial charge in [0.2, 0.25) is 0 Å². The smallest absolute Gasteiger partial charge is 0.251 e. The van der Waals surface area contributed by atoms with Crippen molar-refractivity contribution in [3.8, 4) is 5.75 Å². The summed E-state index contributed by atoms with van der Waals surface area (Å²) in [7, 11) is 0. The van der Waals surface area contributed by atoms with Gasteiger partial charge in [-0.15, -0.1) is 0 Å². The fourth-order valence-electron chi connectivity index (χ4n) is 3.79. The van der Waals surface area contributed by atoms with E-state index in [-0.39, 0.29) is 11.7 Å². The molecule has 0 aliphatic heterocycles. The van der Waals surface area contributed by atoms with Crippen molar-refractivity contribution in [2.75, 3.05) is 6.61 Å². The highest BCUT2D eigenvalue weighted by atomic mass is 19.1. The van der Waals surface area contributed by atoms with E-state index in [1.54, 1.807) is 0 Å². The van der Waals surface area contributed by atoms with Crippen LogP contribution in [0.25, 0.3) is 11.0 Å². The number of rotatable bonds is 9. The summed E-state index contributed by atoms with van der Waals surface area (Å²) in [5.74, 6) is 1.11. The van der Waals surface area contributed by atoms with Gasteiger partial charge in [-0.25, -0.2) is 9.37 Å². The molecule has 0 aliphatic rings. The normalized spacial score (nSPS) is 11.0. The topological polar surface area (TPSA) is 56.1 Å². The molecule has 0 unspecified atom stereocenters. The van der Waals surface area contributed by atoms with Crippen LogP contribution >= 0.6 is 0 Å². The van der Waals surface area contributed by atoms with Gasteiger partial charge in [0.15, 0.2) is 0 Å². The Morgan fingerprint density at radius 1 is 1.03 bits per heavy atom. The van der Waals surface area contributed by atoms with Gasteiger partial charge in [-0.05, 0) is 80.3 Å². The molecule has 1 N–H and O–H groups in total. The lowest BCUT2D eigenvalue weighted by atomic mass is 10.1. The van der Waals surface area contributed by atoms with E-state index < -0.39 is 0 Å². The van der Waals surface area contributed by atoms with Crippen molar-refractivity contribution in [2.24, 2.45) is 0 Å². The van der Waals surface area contributed by atoms with E-state index in [0.29, 0.717) is 18.7 Å². The predicted octanol–water partition coefficient (Wildman–Crippen LogP) is 5.58. The Balaban J connectivity index is 1.38. The van der Waals surface area contributed by atoms with E-state index in [4.69, 9.17) is 9.72 Å². The van der Waals surface area contributed by atoms with Crippen molar-refractivity contribution in [1.29, 1.82) is 0 Å². The van der Waals surface area contributed by atoms with E-state index >= 15 is 0 Å². The number of para-hydroxylation sites is 2. The SMILES string of the molecule is Cc1ccc(C)c(OCCCCn2c(CNC(=O)c3ccc(F)cc3)nc3ccccc32)c1. The predicted molar refractivity (Wildman–Crippen MR) is 128 cm³/mol. The van der Waals surface area contributed by atoms with Gasteiger partial charge < -0.3 is 14.6 Å². The van der Waals surface area contributed by atoms with Gasteiger partial charge >= 0.3 is 0 Å². The van der Waals surface area contributed by atoms with Gasteiger partial charge in [0.1, 0.15) is 17.4 Å². The summed E-state index contributed by atoms with van der Waals surface area (Å²) in [6.07, 6.45) is 1.82. The summed E-state index contributed by atoms with van der Waals surface area (Å²) in [4.78, 5) is 17.2. The van der Waals surface area contributed by atoms with Crippen LogP contribution in [0.1, 0.15) is 40.2 Å². The highest BCUT2D eigenvalue weighted by Gasteiger charge is 2.12. The average Bonchev–Trinajstić information content (AvgIpc) is 3.17. The van der Waals surface area contributed by atoms with Crippen LogP contribution in [0.2, 0.25) is 0 Å². The first-order valence-corrected chi connectivity index (χ1v) is 11.2. The number of hydrogen-bond acceptors (Lipinski definition) is 3. The van der Waals surface area contributed by atoms with Crippen LogP contribution in [0.15, 0.2) is 66.7 Å². The van der Waals surface area contributed by atoms with E-state index in [0.717, 1.165) is 47.6 Å². The fourth-order valence-corrected chi connectivity index (χ4v) is 3.79. The number of aromatic nitrogens is 2. The van der Waals surface area contributed by atoms with E-state index in [2.05, 4.69) is 41.9 Å². The number of nitrogens with one attached hydrogen (secondary N) is 1. The number of aryl methyl sites for hydroxylation is 3. The number of carbonyl (C=O) groups is 1. The molecule has 0 fully saturated rings. The summed E-state index contributed by atoms with van der Waals surface area (Å²) in [6.45, 7) is 5.83. The summed E-state index contributed by atoms with van der Waals surface area (Å²) in [5.41, 5.74) is 4.69. The van der Waals surface area contributed by atoms with Crippen LogP contribution in [-0.4, -0.2) is 22.1 Å². The monoisotopic (exact) mass is 445 g/mol. The zero-order valence-corrected chi connectivity index (χ0v) is 19.0. The number of halogens is 1. The number of carbonyl (C=O) groups excluding carboxylic acids is 1. The van der Waals surface area contributed by atoms with Gasteiger partial charge in [0.05, 0.1) is 24.2 Å². The van der Waals surface area contributed by atoms with Crippen LogP contribution in [0.3, 0.4) is 0 Å².